The van der Waals surface area contributed by atoms with Gasteiger partial charge in [-0.05, 0) is 25.8 Å². The van der Waals surface area contributed by atoms with Crippen LogP contribution in [0.25, 0.3) is 0 Å². The Morgan fingerprint density at radius 1 is 1.50 bits per heavy atom. The maximum absolute atomic E-state index is 12.0. The summed E-state index contributed by atoms with van der Waals surface area (Å²) in [6.45, 7) is 4.50. The second-order valence-electron chi connectivity index (χ2n) is 3.73. The van der Waals surface area contributed by atoms with Gasteiger partial charge in [0, 0.05) is 0 Å². The van der Waals surface area contributed by atoms with Crippen molar-refractivity contribution in [2.24, 2.45) is 0 Å². The number of carbonyl (C=O) groups is 1. The van der Waals surface area contributed by atoms with Gasteiger partial charge in [-0.2, -0.15) is 5.10 Å². The quantitative estimate of drug-likeness (QED) is 0.736. The zero-order chi connectivity index (χ0) is 11.7. The number of carbonyl (C=O) groups excluding carboxylic acids is 1. The van der Waals surface area contributed by atoms with E-state index in [9.17, 15) is 9.59 Å². The van der Waals surface area contributed by atoms with E-state index in [0.717, 1.165) is 6.42 Å². The highest BCUT2D eigenvalue weighted by Gasteiger charge is 2.25. The summed E-state index contributed by atoms with van der Waals surface area (Å²) in [6, 6.07) is 0. The van der Waals surface area contributed by atoms with E-state index in [1.165, 1.54) is 5.06 Å². The molecule has 0 aliphatic carbocycles. The SMILES string of the molecule is Cc1n[nH]c(=O)c(C(=O)N2CCCO2)c1C. The number of aryl methyl sites for hydroxylation is 1. The molecule has 86 valence electrons. The van der Waals surface area contributed by atoms with Gasteiger partial charge in [0.05, 0.1) is 18.8 Å². The lowest BCUT2D eigenvalue weighted by molar-refractivity contribution is -0.0770. The second kappa shape index (κ2) is 4.05. The molecule has 1 fully saturated rings. The molecule has 0 spiro atoms. The Bertz CT molecular complexity index is 475. The second-order valence-corrected chi connectivity index (χ2v) is 3.73. The minimum absolute atomic E-state index is 0.120. The molecule has 2 rings (SSSR count). The first-order valence-electron chi connectivity index (χ1n) is 5.12. The number of nitrogens with one attached hydrogen (secondary N) is 1. The average Bonchev–Trinajstić information content (AvgIpc) is 2.77. The van der Waals surface area contributed by atoms with Crippen LogP contribution in [0.3, 0.4) is 0 Å². The highest BCUT2D eigenvalue weighted by Crippen LogP contribution is 2.12. The number of hydrogen-bond acceptors (Lipinski definition) is 4. The van der Waals surface area contributed by atoms with Gasteiger partial charge in [0.2, 0.25) is 0 Å². The summed E-state index contributed by atoms with van der Waals surface area (Å²) in [7, 11) is 0. The van der Waals surface area contributed by atoms with Crippen molar-refractivity contribution in [3.8, 4) is 0 Å². The smallest absolute Gasteiger partial charge is 0.271 e. The van der Waals surface area contributed by atoms with E-state index in [1.807, 2.05) is 0 Å². The van der Waals surface area contributed by atoms with Gasteiger partial charge in [-0.1, -0.05) is 0 Å². The summed E-state index contributed by atoms with van der Waals surface area (Å²) in [5.74, 6) is -0.387. The van der Waals surface area contributed by atoms with Crippen molar-refractivity contribution in [1.29, 1.82) is 0 Å². The zero-order valence-electron chi connectivity index (χ0n) is 9.24. The van der Waals surface area contributed by atoms with Crippen molar-refractivity contribution < 1.29 is 9.63 Å². The molecule has 1 amide bonds. The number of hydrogen-bond donors (Lipinski definition) is 1. The molecule has 1 aromatic heterocycles. The fraction of sp³-hybridized carbons (Fsp3) is 0.500. The minimum atomic E-state index is -0.469. The molecule has 2 heterocycles. The Kier molecular flexibility index (Phi) is 2.74. The van der Waals surface area contributed by atoms with Crippen molar-refractivity contribution in [1.82, 2.24) is 15.3 Å². The van der Waals surface area contributed by atoms with Crippen LogP contribution in [0.1, 0.15) is 28.0 Å². The van der Waals surface area contributed by atoms with Crippen LogP contribution in [0.5, 0.6) is 0 Å². The highest BCUT2D eigenvalue weighted by atomic mass is 16.7. The molecule has 1 aromatic rings. The van der Waals surface area contributed by atoms with Crippen molar-refractivity contribution in [3.63, 3.8) is 0 Å². The highest BCUT2D eigenvalue weighted by molar-refractivity contribution is 5.94. The Hall–Kier alpha value is -1.69. The molecule has 1 saturated heterocycles. The van der Waals surface area contributed by atoms with Gasteiger partial charge in [0.1, 0.15) is 5.56 Å². The van der Waals surface area contributed by atoms with Crippen LogP contribution in [0.15, 0.2) is 4.79 Å². The molecular weight excluding hydrogens is 210 g/mol. The van der Waals surface area contributed by atoms with Crippen LogP contribution in [-0.4, -0.2) is 34.3 Å². The first-order chi connectivity index (χ1) is 7.61. The van der Waals surface area contributed by atoms with E-state index >= 15 is 0 Å². The summed E-state index contributed by atoms with van der Waals surface area (Å²) in [6.07, 6.45) is 0.798. The van der Waals surface area contributed by atoms with Crippen LogP contribution < -0.4 is 5.56 Å². The maximum atomic E-state index is 12.0. The summed E-state index contributed by atoms with van der Waals surface area (Å²) < 4.78 is 0. The zero-order valence-corrected chi connectivity index (χ0v) is 9.24. The Morgan fingerprint density at radius 3 is 2.88 bits per heavy atom. The van der Waals surface area contributed by atoms with Crippen molar-refractivity contribution in [3.05, 3.63) is 27.2 Å². The van der Waals surface area contributed by atoms with Crippen LogP contribution in [0, 0.1) is 13.8 Å². The number of H-pyrrole nitrogens is 1. The lowest BCUT2D eigenvalue weighted by atomic mass is 10.1. The van der Waals surface area contributed by atoms with Gasteiger partial charge in [0.15, 0.2) is 0 Å². The third-order valence-corrected chi connectivity index (χ3v) is 2.66. The number of hydroxylamine groups is 2. The lowest BCUT2D eigenvalue weighted by Crippen LogP contribution is -2.33. The van der Waals surface area contributed by atoms with Crippen molar-refractivity contribution in [2.45, 2.75) is 20.3 Å². The van der Waals surface area contributed by atoms with E-state index in [-0.39, 0.29) is 11.5 Å². The molecule has 1 aliphatic heterocycles. The van der Waals surface area contributed by atoms with Gasteiger partial charge < -0.3 is 0 Å². The van der Waals surface area contributed by atoms with E-state index in [4.69, 9.17) is 4.84 Å². The molecule has 6 heteroatoms. The largest absolute Gasteiger partial charge is 0.283 e. The first kappa shape index (κ1) is 10.8. The number of nitrogens with zero attached hydrogens (tertiary/aromatic N) is 2. The molecule has 16 heavy (non-hydrogen) atoms. The van der Waals surface area contributed by atoms with Crippen molar-refractivity contribution in [2.75, 3.05) is 13.2 Å². The van der Waals surface area contributed by atoms with E-state index in [2.05, 4.69) is 10.2 Å². The molecule has 0 radical (unpaired) electrons. The predicted molar refractivity (Wildman–Crippen MR) is 55.9 cm³/mol. The number of aromatic nitrogens is 2. The van der Waals surface area contributed by atoms with Gasteiger partial charge in [0.25, 0.3) is 11.5 Å². The molecule has 1 aliphatic rings. The van der Waals surface area contributed by atoms with Gasteiger partial charge >= 0.3 is 0 Å². The average molecular weight is 223 g/mol. The van der Waals surface area contributed by atoms with Crippen LogP contribution in [-0.2, 0) is 4.84 Å². The summed E-state index contributed by atoms with van der Waals surface area (Å²) in [5.41, 5.74) is 0.893. The fourth-order valence-electron chi connectivity index (χ4n) is 1.62. The summed E-state index contributed by atoms with van der Waals surface area (Å²) in [5, 5.41) is 7.34. The molecule has 0 aromatic carbocycles. The summed E-state index contributed by atoms with van der Waals surface area (Å²) >= 11 is 0. The topological polar surface area (TPSA) is 75.3 Å². The molecule has 1 N–H and O–H groups in total. The number of aromatic amines is 1. The van der Waals surface area contributed by atoms with E-state index < -0.39 is 5.56 Å². The number of rotatable bonds is 1. The number of amides is 1. The fourth-order valence-corrected chi connectivity index (χ4v) is 1.62. The standard InChI is InChI=1S/C10H13N3O3/c1-6-7(2)11-12-9(14)8(6)10(15)13-4-3-5-16-13/h3-5H2,1-2H3,(H,12,14). The first-order valence-corrected chi connectivity index (χ1v) is 5.12. The van der Waals surface area contributed by atoms with Crippen LogP contribution >= 0.6 is 0 Å². The molecule has 6 nitrogen and oxygen atoms in total. The van der Waals surface area contributed by atoms with Crippen LogP contribution in [0.2, 0.25) is 0 Å². The Balaban J connectivity index is 2.43. The molecule has 0 unspecified atom stereocenters. The summed E-state index contributed by atoms with van der Waals surface area (Å²) in [4.78, 5) is 28.7. The Morgan fingerprint density at radius 2 is 2.25 bits per heavy atom. The third-order valence-electron chi connectivity index (χ3n) is 2.66. The molecule has 0 saturated carbocycles. The maximum Gasteiger partial charge on any atom is 0.283 e. The van der Waals surface area contributed by atoms with Gasteiger partial charge in [-0.25, -0.2) is 10.2 Å². The van der Waals surface area contributed by atoms with Gasteiger partial charge in [-0.15, -0.1) is 0 Å². The van der Waals surface area contributed by atoms with Gasteiger partial charge in [-0.3, -0.25) is 14.4 Å². The lowest BCUT2D eigenvalue weighted by Gasteiger charge is -2.14. The van der Waals surface area contributed by atoms with E-state index in [1.54, 1.807) is 13.8 Å². The van der Waals surface area contributed by atoms with Crippen molar-refractivity contribution >= 4 is 5.91 Å². The molecular formula is C10H13N3O3. The Labute approximate surface area is 92.2 Å². The normalized spacial score (nSPS) is 15.5. The molecule has 0 bridgehead atoms. The monoisotopic (exact) mass is 223 g/mol. The minimum Gasteiger partial charge on any atom is -0.271 e. The predicted octanol–water partition coefficient (Wildman–Crippen LogP) is 0.164. The van der Waals surface area contributed by atoms with Crippen LogP contribution in [0.4, 0.5) is 0 Å². The van der Waals surface area contributed by atoms with E-state index in [0.29, 0.717) is 24.4 Å². The third kappa shape index (κ3) is 1.71. The molecule has 0 atom stereocenters.